The second-order valence-corrected chi connectivity index (χ2v) is 17.1. The van der Waals surface area contributed by atoms with Crippen molar-refractivity contribution in [2.75, 3.05) is 5.32 Å². The molecule has 0 spiro atoms. The zero-order valence-corrected chi connectivity index (χ0v) is 32.1. The molecule has 1 aromatic heterocycles. The molecule has 9 rings (SSSR count). The van der Waals surface area contributed by atoms with Crippen LogP contribution in [0.1, 0.15) is 120 Å². The molecule has 1 N–H and O–H groups in total. The molecule has 0 amide bonds. The molecule has 2 heteroatoms. The lowest BCUT2D eigenvalue weighted by molar-refractivity contribution is 0.486. The monoisotopic (exact) mass is 681 g/mol. The number of anilines is 1. The molecule has 2 nitrogen and oxygen atoms in total. The van der Waals surface area contributed by atoms with Crippen molar-refractivity contribution in [3.8, 4) is 22.3 Å². The zero-order chi connectivity index (χ0) is 36.2. The van der Waals surface area contributed by atoms with Crippen molar-refractivity contribution < 1.29 is 4.42 Å². The van der Waals surface area contributed by atoms with Crippen LogP contribution in [0, 0.1) is 0 Å². The molecular weight excluding hydrogens is 631 g/mol. The Kier molecular flexibility index (Phi) is 7.37. The van der Waals surface area contributed by atoms with Crippen LogP contribution in [0.3, 0.4) is 0 Å². The summed E-state index contributed by atoms with van der Waals surface area (Å²) in [5.41, 5.74) is 16.6. The van der Waals surface area contributed by atoms with E-state index in [4.69, 9.17) is 4.42 Å². The molecule has 2 aliphatic rings. The molecule has 0 fully saturated rings. The highest BCUT2D eigenvalue weighted by molar-refractivity contribution is 6.09. The van der Waals surface area contributed by atoms with Gasteiger partial charge in [0, 0.05) is 21.6 Å². The van der Waals surface area contributed by atoms with Crippen LogP contribution >= 0.6 is 0 Å². The zero-order valence-electron chi connectivity index (χ0n) is 32.1. The molecule has 52 heavy (non-hydrogen) atoms. The topological polar surface area (TPSA) is 25.2 Å². The van der Waals surface area contributed by atoms with Crippen LogP contribution in [0.4, 0.5) is 5.69 Å². The standard InChI is InChI=1S/C50H51NO/c1-9-15-30(3)32-17-13-18-36-33(32)24-25-40-46(36)39-29-42-38(28-43(39)48(40,4)5)34-23-22-31(27-41(34)49(42,6)7)50(8,26-10-2)51-44-20-14-19-37-35-16-11-12-21-45(35)52-47(37)44/h11-14,16-25,27-30,51H,9-10,15,26H2,1-8H3. The number of nitrogens with one attached hydrogen (secondary N) is 1. The van der Waals surface area contributed by atoms with E-state index in [0.29, 0.717) is 5.92 Å². The lowest BCUT2D eigenvalue weighted by Crippen LogP contribution is -2.32. The highest BCUT2D eigenvalue weighted by Gasteiger charge is 2.43. The summed E-state index contributed by atoms with van der Waals surface area (Å²) in [6.07, 6.45) is 4.48. The van der Waals surface area contributed by atoms with Crippen LogP contribution in [0.15, 0.2) is 108 Å². The molecule has 0 aliphatic heterocycles. The molecule has 0 saturated carbocycles. The first-order chi connectivity index (χ1) is 25.0. The normalized spacial score (nSPS) is 16.8. The molecule has 0 saturated heterocycles. The summed E-state index contributed by atoms with van der Waals surface area (Å²) in [5.74, 6) is 0.544. The number of para-hydroxylation sites is 2. The number of fused-ring (bicyclic) bond motifs is 11. The van der Waals surface area contributed by atoms with Crippen LogP contribution in [0.5, 0.6) is 0 Å². The van der Waals surface area contributed by atoms with Gasteiger partial charge in [-0.25, -0.2) is 0 Å². The Hall–Kier alpha value is -4.82. The Morgan fingerprint density at radius 2 is 1.33 bits per heavy atom. The molecule has 0 radical (unpaired) electrons. The predicted octanol–water partition coefficient (Wildman–Crippen LogP) is 14.4. The second kappa shape index (κ2) is 11.6. The molecule has 6 aromatic carbocycles. The van der Waals surface area contributed by atoms with Crippen molar-refractivity contribution in [1.82, 2.24) is 0 Å². The van der Waals surface area contributed by atoms with Crippen LogP contribution in [-0.2, 0) is 16.4 Å². The summed E-state index contributed by atoms with van der Waals surface area (Å²) in [5, 5.41) is 9.15. The Morgan fingerprint density at radius 1 is 0.635 bits per heavy atom. The van der Waals surface area contributed by atoms with Gasteiger partial charge in [0.25, 0.3) is 0 Å². The third-order valence-electron chi connectivity index (χ3n) is 13.0. The quantitative estimate of drug-likeness (QED) is 0.173. The smallest absolute Gasteiger partial charge is 0.158 e. The molecule has 0 bridgehead atoms. The van der Waals surface area contributed by atoms with Crippen LogP contribution in [0.2, 0.25) is 0 Å². The first kappa shape index (κ1) is 33.0. The third kappa shape index (κ3) is 4.62. The molecule has 7 aromatic rings. The number of furan rings is 1. The first-order valence-electron chi connectivity index (χ1n) is 19.6. The fourth-order valence-electron chi connectivity index (χ4n) is 10.1. The van der Waals surface area contributed by atoms with E-state index in [9.17, 15) is 0 Å². The van der Waals surface area contributed by atoms with E-state index in [-0.39, 0.29) is 16.4 Å². The molecule has 262 valence electrons. The van der Waals surface area contributed by atoms with Crippen molar-refractivity contribution >= 4 is 38.4 Å². The molecule has 1 heterocycles. The van der Waals surface area contributed by atoms with Gasteiger partial charge in [-0.3, -0.25) is 0 Å². The molecule has 2 aliphatic carbocycles. The minimum atomic E-state index is -0.282. The van der Waals surface area contributed by atoms with Gasteiger partial charge in [0.05, 0.1) is 11.2 Å². The van der Waals surface area contributed by atoms with Gasteiger partial charge in [-0.1, -0.05) is 140 Å². The molecule has 2 atom stereocenters. The van der Waals surface area contributed by atoms with Crippen LogP contribution in [-0.4, -0.2) is 0 Å². The van der Waals surface area contributed by atoms with Crippen molar-refractivity contribution in [2.45, 2.75) is 103 Å². The first-order valence-corrected chi connectivity index (χ1v) is 19.6. The van der Waals surface area contributed by atoms with Gasteiger partial charge < -0.3 is 9.73 Å². The van der Waals surface area contributed by atoms with E-state index in [1.807, 2.05) is 6.07 Å². The maximum atomic E-state index is 6.47. The van der Waals surface area contributed by atoms with E-state index in [1.165, 1.54) is 79.2 Å². The van der Waals surface area contributed by atoms with E-state index in [2.05, 4.69) is 158 Å². The second-order valence-electron chi connectivity index (χ2n) is 17.1. The largest absolute Gasteiger partial charge is 0.454 e. The van der Waals surface area contributed by atoms with Gasteiger partial charge in [-0.15, -0.1) is 0 Å². The predicted molar refractivity (Wildman–Crippen MR) is 222 cm³/mol. The molecule has 2 unspecified atom stereocenters. The van der Waals surface area contributed by atoms with Gasteiger partial charge in [0.1, 0.15) is 5.58 Å². The number of benzene rings is 6. The van der Waals surface area contributed by atoms with E-state index >= 15 is 0 Å². The third-order valence-corrected chi connectivity index (χ3v) is 13.0. The number of hydrogen-bond acceptors (Lipinski definition) is 2. The minimum Gasteiger partial charge on any atom is -0.454 e. The fraction of sp³-hybridized carbons (Fsp3) is 0.320. The summed E-state index contributed by atoms with van der Waals surface area (Å²) in [4.78, 5) is 0. The lowest BCUT2D eigenvalue weighted by Gasteiger charge is -2.34. The van der Waals surface area contributed by atoms with E-state index in [1.54, 1.807) is 0 Å². The summed E-state index contributed by atoms with van der Waals surface area (Å²) < 4.78 is 6.47. The van der Waals surface area contributed by atoms with Gasteiger partial charge in [0.2, 0.25) is 0 Å². The number of rotatable bonds is 8. The lowest BCUT2D eigenvalue weighted by atomic mass is 9.78. The summed E-state index contributed by atoms with van der Waals surface area (Å²) in [7, 11) is 0. The van der Waals surface area contributed by atoms with E-state index < -0.39 is 0 Å². The van der Waals surface area contributed by atoms with Crippen molar-refractivity contribution in [3.63, 3.8) is 0 Å². The Labute approximate surface area is 309 Å². The minimum absolute atomic E-state index is 0.0763. The maximum Gasteiger partial charge on any atom is 0.158 e. The van der Waals surface area contributed by atoms with Crippen molar-refractivity contribution in [1.29, 1.82) is 0 Å². The Bertz CT molecular complexity index is 2560. The highest BCUT2D eigenvalue weighted by Crippen LogP contribution is 2.58. The fourth-order valence-corrected chi connectivity index (χ4v) is 10.1. The van der Waals surface area contributed by atoms with Crippen LogP contribution < -0.4 is 5.32 Å². The molecular formula is C50H51NO. The highest BCUT2D eigenvalue weighted by atomic mass is 16.3. The summed E-state index contributed by atoms with van der Waals surface area (Å²) in [6.45, 7) is 19.1. The van der Waals surface area contributed by atoms with Crippen molar-refractivity contribution in [2.24, 2.45) is 0 Å². The number of hydrogen-bond donors (Lipinski definition) is 1. The maximum absolute atomic E-state index is 6.47. The van der Waals surface area contributed by atoms with Gasteiger partial charge in [-0.05, 0) is 116 Å². The van der Waals surface area contributed by atoms with Crippen LogP contribution in [0.25, 0.3) is 55.0 Å². The van der Waals surface area contributed by atoms with Crippen molar-refractivity contribution in [3.05, 3.63) is 137 Å². The Morgan fingerprint density at radius 3 is 2.13 bits per heavy atom. The average molecular weight is 682 g/mol. The van der Waals surface area contributed by atoms with Gasteiger partial charge in [-0.2, -0.15) is 0 Å². The van der Waals surface area contributed by atoms with Gasteiger partial charge >= 0.3 is 0 Å². The van der Waals surface area contributed by atoms with Gasteiger partial charge in [0.15, 0.2) is 5.58 Å². The summed E-state index contributed by atoms with van der Waals surface area (Å²) in [6, 6.07) is 39.1. The summed E-state index contributed by atoms with van der Waals surface area (Å²) >= 11 is 0. The average Bonchev–Trinajstić information content (AvgIpc) is 3.71. The van der Waals surface area contributed by atoms with E-state index in [0.717, 1.165) is 40.5 Å². The SMILES string of the molecule is CCCC(C)c1cccc2c3c(ccc12)C(C)(C)c1cc2c(cc1-3)C(C)(C)c1cc(C(C)(CCC)Nc3cccc4c3oc3ccccc34)ccc1-2. The Balaban J connectivity index is 1.16.